The first-order chi connectivity index (χ1) is 11.0. The Kier molecular flexibility index (Phi) is 8.16. The van der Waals surface area contributed by atoms with E-state index in [2.05, 4.69) is 24.5 Å². The van der Waals surface area contributed by atoms with Crippen molar-refractivity contribution < 1.29 is 9.59 Å². The maximum absolute atomic E-state index is 12.2. The molecule has 0 aliphatic heterocycles. The Labute approximate surface area is 139 Å². The van der Waals surface area contributed by atoms with Gasteiger partial charge < -0.3 is 15.5 Å². The van der Waals surface area contributed by atoms with Gasteiger partial charge in [-0.1, -0.05) is 27.7 Å². The molecular weight excluding hydrogens is 290 g/mol. The van der Waals surface area contributed by atoms with Gasteiger partial charge in [-0.25, -0.2) is 0 Å². The van der Waals surface area contributed by atoms with Crippen LogP contribution < -0.4 is 10.6 Å². The van der Waals surface area contributed by atoms with Crippen molar-refractivity contribution in [3.8, 4) is 0 Å². The zero-order chi connectivity index (χ0) is 17.2. The van der Waals surface area contributed by atoms with Crippen LogP contribution in [0, 0.1) is 5.92 Å². The van der Waals surface area contributed by atoms with Crippen molar-refractivity contribution in [2.24, 2.45) is 5.92 Å². The minimum Gasteiger partial charge on any atom is -0.376 e. The van der Waals surface area contributed by atoms with Gasteiger partial charge >= 0.3 is 0 Å². The number of rotatable bonds is 9. The quantitative estimate of drug-likeness (QED) is 0.734. The average molecular weight is 319 g/mol. The van der Waals surface area contributed by atoms with Crippen molar-refractivity contribution in [3.63, 3.8) is 0 Å². The molecular formula is C18H29N3O2. The molecule has 2 amide bonds. The Bertz CT molecular complexity index is 491. The van der Waals surface area contributed by atoms with E-state index < -0.39 is 0 Å². The van der Waals surface area contributed by atoms with E-state index in [-0.39, 0.29) is 24.3 Å². The van der Waals surface area contributed by atoms with Crippen LogP contribution in [0.5, 0.6) is 0 Å². The van der Waals surface area contributed by atoms with Gasteiger partial charge in [0.25, 0.3) is 0 Å². The summed E-state index contributed by atoms with van der Waals surface area (Å²) < 4.78 is 0. The molecule has 0 fully saturated rings. The molecule has 128 valence electrons. The summed E-state index contributed by atoms with van der Waals surface area (Å²) in [7, 11) is 0. The minimum absolute atomic E-state index is 0.00402. The number of nitrogens with zero attached hydrogens (tertiary/aromatic N) is 1. The number of nitrogens with one attached hydrogen (secondary N) is 2. The monoisotopic (exact) mass is 319 g/mol. The van der Waals surface area contributed by atoms with Crippen molar-refractivity contribution >= 4 is 23.2 Å². The van der Waals surface area contributed by atoms with Crippen LogP contribution in [-0.4, -0.2) is 36.3 Å². The SMILES string of the molecule is CCCN(CCC)C(=O)CNc1ccc(NC(=O)C(C)C)cc1. The molecule has 0 radical (unpaired) electrons. The Morgan fingerprint density at radius 2 is 1.52 bits per heavy atom. The zero-order valence-electron chi connectivity index (χ0n) is 14.7. The molecule has 0 aromatic heterocycles. The van der Waals surface area contributed by atoms with E-state index in [0.717, 1.165) is 37.3 Å². The highest BCUT2D eigenvalue weighted by Crippen LogP contribution is 2.14. The molecule has 0 spiro atoms. The van der Waals surface area contributed by atoms with Crippen LogP contribution in [0.2, 0.25) is 0 Å². The summed E-state index contributed by atoms with van der Waals surface area (Å²) in [6.07, 6.45) is 1.94. The normalized spacial score (nSPS) is 10.5. The maximum atomic E-state index is 12.2. The van der Waals surface area contributed by atoms with Crippen molar-refractivity contribution in [1.29, 1.82) is 0 Å². The standard InChI is InChI=1S/C18H29N3O2/c1-5-11-21(12-6-2)17(22)13-19-15-7-9-16(10-8-15)20-18(23)14(3)4/h7-10,14,19H,5-6,11-13H2,1-4H3,(H,20,23). The van der Waals surface area contributed by atoms with E-state index >= 15 is 0 Å². The van der Waals surface area contributed by atoms with E-state index in [0.29, 0.717) is 0 Å². The number of benzene rings is 1. The van der Waals surface area contributed by atoms with Crippen LogP contribution in [0.15, 0.2) is 24.3 Å². The fourth-order valence-corrected chi connectivity index (χ4v) is 2.15. The summed E-state index contributed by atoms with van der Waals surface area (Å²) >= 11 is 0. The number of amides is 2. The molecule has 0 atom stereocenters. The van der Waals surface area contributed by atoms with Gasteiger partial charge in [0.2, 0.25) is 11.8 Å². The molecule has 0 aliphatic carbocycles. The highest BCUT2D eigenvalue weighted by molar-refractivity contribution is 5.92. The fourth-order valence-electron chi connectivity index (χ4n) is 2.15. The predicted octanol–water partition coefficient (Wildman–Crippen LogP) is 3.34. The molecule has 5 nitrogen and oxygen atoms in total. The second-order valence-electron chi connectivity index (χ2n) is 5.96. The largest absolute Gasteiger partial charge is 0.376 e. The summed E-state index contributed by atoms with van der Waals surface area (Å²) in [4.78, 5) is 25.7. The van der Waals surface area contributed by atoms with Crippen molar-refractivity contribution in [2.75, 3.05) is 30.3 Å². The molecule has 2 N–H and O–H groups in total. The van der Waals surface area contributed by atoms with Crippen LogP contribution in [0.1, 0.15) is 40.5 Å². The lowest BCUT2D eigenvalue weighted by molar-refractivity contribution is -0.129. The summed E-state index contributed by atoms with van der Waals surface area (Å²) in [5, 5.41) is 5.98. The van der Waals surface area contributed by atoms with Crippen LogP contribution in [0.3, 0.4) is 0 Å². The molecule has 0 saturated carbocycles. The molecule has 0 heterocycles. The molecule has 0 bridgehead atoms. The number of anilines is 2. The summed E-state index contributed by atoms with van der Waals surface area (Å²) in [6.45, 7) is 9.76. The van der Waals surface area contributed by atoms with Gasteiger partial charge in [0, 0.05) is 30.4 Å². The smallest absolute Gasteiger partial charge is 0.241 e. The Morgan fingerprint density at radius 3 is 2.00 bits per heavy atom. The maximum Gasteiger partial charge on any atom is 0.241 e. The summed E-state index contributed by atoms with van der Waals surface area (Å²) in [6, 6.07) is 7.41. The van der Waals surface area contributed by atoms with Gasteiger partial charge in [-0.05, 0) is 37.1 Å². The third kappa shape index (κ3) is 6.72. The van der Waals surface area contributed by atoms with Gasteiger partial charge in [-0.2, -0.15) is 0 Å². The lowest BCUT2D eigenvalue weighted by atomic mass is 10.2. The third-order valence-corrected chi connectivity index (χ3v) is 3.46. The number of hydrogen-bond acceptors (Lipinski definition) is 3. The zero-order valence-corrected chi connectivity index (χ0v) is 14.7. The van der Waals surface area contributed by atoms with Crippen LogP contribution in [0.25, 0.3) is 0 Å². The Morgan fingerprint density at radius 1 is 1.00 bits per heavy atom. The van der Waals surface area contributed by atoms with Gasteiger partial charge in [0.15, 0.2) is 0 Å². The molecule has 1 rings (SSSR count). The molecule has 0 saturated heterocycles. The third-order valence-electron chi connectivity index (χ3n) is 3.46. The first kappa shape index (κ1) is 19.0. The molecule has 0 aliphatic rings. The topological polar surface area (TPSA) is 61.4 Å². The van der Waals surface area contributed by atoms with Crippen molar-refractivity contribution in [3.05, 3.63) is 24.3 Å². The molecule has 5 heteroatoms. The van der Waals surface area contributed by atoms with Gasteiger partial charge in [0.05, 0.1) is 6.54 Å². The van der Waals surface area contributed by atoms with E-state index in [1.54, 1.807) is 0 Å². The lowest BCUT2D eigenvalue weighted by Gasteiger charge is -2.21. The van der Waals surface area contributed by atoms with Gasteiger partial charge in [-0.3, -0.25) is 9.59 Å². The molecule has 1 aromatic rings. The number of carbonyl (C=O) groups excluding carboxylic acids is 2. The second kappa shape index (κ2) is 9.87. The van der Waals surface area contributed by atoms with Crippen LogP contribution in [0.4, 0.5) is 11.4 Å². The van der Waals surface area contributed by atoms with Crippen molar-refractivity contribution in [1.82, 2.24) is 4.90 Å². The van der Waals surface area contributed by atoms with Crippen molar-refractivity contribution in [2.45, 2.75) is 40.5 Å². The Balaban J connectivity index is 2.51. The highest BCUT2D eigenvalue weighted by atomic mass is 16.2. The van der Waals surface area contributed by atoms with E-state index in [4.69, 9.17) is 0 Å². The molecule has 1 aromatic carbocycles. The first-order valence-electron chi connectivity index (χ1n) is 8.40. The van der Waals surface area contributed by atoms with Crippen LogP contribution >= 0.6 is 0 Å². The summed E-state index contributed by atoms with van der Waals surface area (Å²) in [5.41, 5.74) is 1.63. The average Bonchev–Trinajstić information content (AvgIpc) is 2.53. The number of carbonyl (C=O) groups is 2. The van der Waals surface area contributed by atoms with E-state index in [9.17, 15) is 9.59 Å². The summed E-state index contributed by atoms with van der Waals surface area (Å²) in [5.74, 6) is 0.0649. The molecule has 23 heavy (non-hydrogen) atoms. The second-order valence-corrected chi connectivity index (χ2v) is 5.96. The fraction of sp³-hybridized carbons (Fsp3) is 0.556. The highest BCUT2D eigenvalue weighted by Gasteiger charge is 2.11. The first-order valence-corrected chi connectivity index (χ1v) is 8.40. The lowest BCUT2D eigenvalue weighted by Crippen LogP contribution is -2.36. The van der Waals surface area contributed by atoms with Gasteiger partial charge in [-0.15, -0.1) is 0 Å². The van der Waals surface area contributed by atoms with Crippen LogP contribution in [-0.2, 0) is 9.59 Å². The van der Waals surface area contributed by atoms with E-state index in [1.165, 1.54) is 0 Å². The Hall–Kier alpha value is -2.04. The predicted molar refractivity (Wildman–Crippen MR) is 95.6 cm³/mol. The van der Waals surface area contributed by atoms with Gasteiger partial charge in [0.1, 0.15) is 0 Å². The minimum atomic E-state index is -0.0477. The number of hydrogen-bond donors (Lipinski definition) is 2. The van der Waals surface area contributed by atoms with E-state index in [1.807, 2.05) is 43.0 Å². The molecule has 0 unspecified atom stereocenters.